The van der Waals surface area contributed by atoms with Crippen molar-refractivity contribution in [3.63, 3.8) is 0 Å². The number of amides is 4. The first kappa shape index (κ1) is 18.3. The first-order valence-corrected chi connectivity index (χ1v) is 7.06. The molecule has 4 amide bonds. The van der Waals surface area contributed by atoms with Crippen LogP contribution in [0, 0.1) is 0 Å². The van der Waals surface area contributed by atoms with E-state index in [1.807, 2.05) is 35.8 Å². The smallest absolute Gasteiger partial charge is 0.408 e. The van der Waals surface area contributed by atoms with Gasteiger partial charge in [0.25, 0.3) is 5.91 Å². The third-order valence-electron chi connectivity index (χ3n) is 2.60. The van der Waals surface area contributed by atoms with Crippen LogP contribution in [0.3, 0.4) is 0 Å². The summed E-state index contributed by atoms with van der Waals surface area (Å²) in [5, 5.41) is 2.48. The number of rotatable bonds is 4. The van der Waals surface area contributed by atoms with Gasteiger partial charge in [0, 0.05) is 6.42 Å². The monoisotopic (exact) mass is 322 g/mol. The number of ether oxygens (including phenoxy) is 1. The van der Waals surface area contributed by atoms with Crippen LogP contribution in [0.5, 0.6) is 0 Å². The molecule has 0 fully saturated rings. The van der Waals surface area contributed by atoms with Crippen molar-refractivity contribution in [2.45, 2.75) is 38.8 Å². The number of hydrogen-bond donors (Lipinski definition) is 4. The van der Waals surface area contributed by atoms with Gasteiger partial charge in [0.15, 0.2) is 0 Å². The summed E-state index contributed by atoms with van der Waals surface area (Å²) in [5.41, 5.74) is 9.16. The fourth-order valence-corrected chi connectivity index (χ4v) is 1.72. The van der Waals surface area contributed by atoms with E-state index in [9.17, 15) is 14.4 Å². The van der Waals surface area contributed by atoms with E-state index in [4.69, 9.17) is 10.5 Å². The minimum Gasteiger partial charge on any atom is -0.444 e. The Labute approximate surface area is 134 Å². The number of carbonyl (C=O) groups is 3. The fourth-order valence-electron chi connectivity index (χ4n) is 1.72. The molecule has 5 N–H and O–H groups in total. The number of alkyl carbamates (subject to hydrolysis) is 1. The highest BCUT2D eigenvalue weighted by Gasteiger charge is 2.24. The molecule has 1 aromatic carbocycles. The highest BCUT2D eigenvalue weighted by molar-refractivity contribution is 5.87. The van der Waals surface area contributed by atoms with Crippen LogP contribution in [0.4, 0.5) is 9.59 Å². The molecule has 1 atom stereocenters. The van der Waals surface area contributed by atoms with E-state index in [0.29, 0.717) is 0 Å². The summed E-state index contributed by atoms with van der Waals surface area (Å²) < 4.78 is 5.14. The molecule has 1 rings (SSSR count). The molecule has 126 valence electrons. The maximum absolute atomic E-state index is 12.1. The van der Waals surface area contributed by atoms with Crippen molar-refractivity contribution in [2.24, 2.45) is 5.73 Å². The molecular weight excluding hydrogens is 300 g/mol. The van der Waals surface area contributed by atoms with E-state index in [0.717, 1.165) is 5.56 Å². The SMILES string of the molecule is CC(C)(C)OC(=O)NC(Cc1ccccc1)C(=O)NNC(N)=O. The molecule has 0 aliphatic carbocycles. The molecule has 23 heavy (non-hydrogen) atoms. The van der Waals surface area contributed by atoms with Gasteiger partial charge >= 0.3 is 12.1 Å². The Morgan fingerprint density at radius 3 is 2.26 bits per heavy atom. The lowest BCUT2D eigenvalue weighted by molar-refractivity contribution is -0.123. The average Bonchev–Trinajstić information content (AvgIpc) is 2.43. The predicted octanol–water partition coefficient (Wildman–Crippen LogP) is 0.822. The second-order valence-corrected chi connectivity index (χ2v) is 5.87. The van der Waals surface area contributed by atoms with Crippen molar-refractivity contribution < 1.29 is 19.1 Å². The maximum Gasteiger partial charge on any atom is 0.408 e. The molecule has 1 unspecified atom stereocenters. The van der Waals surface area contributed by atoms with Gasteiger partial charge in [0.2, 0.25) is 0 Å². The first-order chi connectivity index (χ1) is 10.7. The zero-order valence-electron chi connectivity index (χ0n) is 13.4. The summed E-state index contributed by atoms with van der Waals surface area (Å²) in [7, 11) is 0. The van der Waals surface area contributed by atoms with Gasteiger partial charge in [-0.05, 0) is 26.3 Å². The quantitative estimate of drug-likeness (QED) is 0.613. The van der Waals surface area contributed by atoms with E-state index in [1.54, 1.807) is 20.8 Å². The van der Waals surface area contributed by atoms with Gasteiger partial charge in [-0.1, -0.05) is 30.3 Å². The highest BCUT2D eigenvalue weighted by Crippen LogP contribution is 2.08. The summed E-state index contributed by atoms with van der Waals surface area (Å²) in [5.74, 6) is -0.612. The Morgan fingerprint density at radius 2 is 1.74 bits per heavy atom. The van der Waals surface area contributed by atoms with Gasteiger partial charge < -0.3 is 15.8 Å². The summed E-state index contributed by atoms with van der Waals surface area (Å²) in [6.07, 6.45) is -0.500. The maximum atomic E-state index is 12.1. The lowest BCUT2D eigenvalue weighted by Gasteiger charge is -2.23. The van der Waals surface area contributed by atoms with Crippen LogP contribution in [0.25, 0.3) is 0 Å². The molecule has 1 aromatic rings. The molecule has 0 saturated heterocycles. The molecule has 0 bridgehead atoms. The van der Waals surface area contributed by atoms with Crippen LogP contribution in [0.2, 0.25) is 0 Å². The number of carbonyl (C=O) groups excluding carboxylic acids is 3. The van der Waals surface area contributed by atoms with Gasteiger partial charge in [-0.2, -0.15) is 0 Å². The lowest BCUT2D eigenvalue weighted by atomic mass is 10.1. The standard InChI is InChI=1S/C15H22N4O4/c1-15(2,3)23-14(22)17-11(12(20)18-19-13(16)21)9-10-7-5-4-6-8-10/h4-8,11H,9H2,1-3H3,(H,17,22)(H,18,20)(H3,16,19,21). The summed E-state index contributed by atoms with van der Waals surface area (Å²) in [4.78, 5) is 34.7. The molecule has 8 nitrogen and oxygen atoms in total. The molecule has 0 aromatic heterocycles. The Bertz CT molecular complexity index is 554. The van der Waals surface area contributed by atoms with E-state index in [2.05, 4.69) is 10.7 Å². The van der Waals surface area contributed by atoms with Crippen LogP contribution in [0.15, 0.2) is 30.3 Å². The van der Waals surface area contributed by atoms with Crippen molar-refractivity contribution >= 4 is 18.0 Å². The van der Waals surface area contributed by atoms with Crippen molar-refractivity contribution in [2.75, 3.05) is 0 Å². The number of nitrogens with one attached hydrogen (secondary N) is 3. The third-order valence-corrected chi connectivity index (χ3v) is 2.60. The summed E-state index contributed by atoms with van der Waals surface area (Å²) in [6, 6.07) is 7.28. The molecule has 0 saturated carbocycles. The zero-order chi connectivity index (χ0) is 17.5. The topological polar surface area (TPSA) is 123 Å². The number of benzene rings is 1. The van der Waals surface area contributed by atoms with Crippen molar-refractivity contribution in [3.8, 4) is 0 Å². The molecule has 0 spiro atoms. The Morgan fingerprint density at radius 1 is 1.13 bits per heavy atom. The third kappa shape index (κ3) is 7.70. The molecular formula is C15H22N4O4. The van der Waals surface area contributed by atoms with Crippen LogP contribution in [-0.2, 0) is 16.0 Å². The number of urea groups is 1. The van der Waals surface area contributed by atoms with Crippen molar-refractivity contribution in [3.05, 3.63) is 35.9 Å². The Kier molecular flexibility index (Phi) is 6.37. The predicted molar refractivity (Wildman–Crippen MR) is 84.2 cm³/mol. The van der Waals surface area contributed by atoms with Crippen molar-refractivity contribution in [1.29, 1.82) is 0 Å². The second kappa shape index (κ2) is 8.02. The van der Waals surface area contributed by atoms with Crippen molar-refractivity contribution in [1.82, 2.24) is 16.2 Å². The van der Waals surface area contributed by atoms with Crippen LogP contribution in [-0.4, -0.2) is 29.7 Å². The van der Waals surface area contributed by atoms with E-state index in [-0.39, 0.29) is 6.42 Å². The number of nitrogens with two attached hydrogens (primary N) is 1. The van der Waals surface area contributed by atoms with Gasteiger partial charge in [-0.15, -0.1) is 0 Å². The second-order valence-electron chi connectivity index (χ2n) is 5.87. The molecule has 0 aliphatic rings. The van der Waals surface area contributed by atoms with E-state index in [1.165, 1.54) is 0 Å². The number of hydrogen-bond acceptors (Lipinski definition) is 4. The largest absolute Gasteiger partial charge is 0.444 e. The highest BCUT2D eigenvalue weighted by atomic mass is 16.6. The normalized spacial score (nSPS) is 12.0. The van der Waals surface area contributed by atoms with Gasteiger partial charge in [-0.3, -0.25) is 10.2 Å². The lowest BCUT2D eigenvalue weighted by Crippen LogP contribution is -2.54. The Balaban J connectivity index is 2.77. The van der Waals surface area contributed by atoms with E-state index < -0.39 is 29.7 Å². The fraction of sp³-hybridized carbons (Fsp3) is 0.400. The number of hydrazine groups is 1. The minimum absolute atomic E-state index is 0.229. The molecule has 0 heterocycles. The summed E-state index contributed by atoms with van der Waals surface area (Å²) >= 11 is 0. The molecule has 8 heteroatoms. The minimum atomic E-state index is -0.931. The van der Waals surface area contributed by atoms with Crippen LogP contribution >= 0.6 is 0 Å². The number of primary amides is 1. The molecule has 0 aliphatic heterocycles. The first-order valence-electron chi connectivity index (χ1n) is 7.06. The molecule has 0 radical (unpaired) electrons. The van der Waals surface area contributed by atoms with Gasteiger partial charge in [0.1, 0.15) is 11.6 Å². The van der Waals surface area contributed by atoms with Gasteiger partial charge in [0.05, 0.1) is 0 Å². The van der Waals surface area contributed by atoms with Crippen LogP contribution < -0.4 is 21.9 Å². The zero-order valence-corrected chi connectivity index (χ0v) is 13.4. The summed E-state index contributed by atoms with van der Waals surface area (Å²) in [6.45, 7) is 5.15. The van der Waals surface area contributed by atoms with E-state index >= 15 is 0 Å². The average molecular weight is 322 g/mol. The van der Waals surface area contributed by atoms with Gasteiger partial charge in [-0.25, -0.2) is 15.0 Å². The Hall–Kier alpha value is -2.77. The van der Waals surface area contributed by atoms with Crippen LogP contribution in [0.1, 0.15) is 26.3 Å².